The Hall–Kier alpha value is -3.09. The Morgan fingerprint density at radius 3 is 2.48 bits per heavy atom. The summed E-state index contributed by atoms with van der Waals surface area (Å²) in [5.41, 5.74) is 3.75. The predicted molar refractivity (Wildman–Crippen MR) is 133 cm³/mol. The molecule has 0 amide bonds. The number of carbonyl (C=O) groups excluding carboxylic acids is 1. The Morgan fingerprint density at radius 2 is 1.79 bits per heavy atom. The van der Waals surface area contributed by atoms with E-state index < -0.39 is 5.97 Å². The summed E-state index contributed by atoms with van der Waals surface area (Å²) in [5.74, 6) is 0.677. The van der Waals surface area contributed by atoms with Gasteiger partial charge in [0, 0.05) is 10.0 Å². The fourth-order valence-electron chi connectivity index (χ4n) is 3.20. The number of hydrogen-bond donors (Lipinski definition) is 0. The van der Waals surface area contributed by atoms with Gasteiger partial charge in [0.2, 0.25) is 5.90 Å². The largest absolute Gasteiger partial charge is 0.490 e. The van der Waals surface area contributed by atoms with Crippen LogP contribution in [0.15, 0.2) is 75.8 Å². The van der Waals surface area contributed by atoms with E-state index in [1.54, 1.807) is 18.2 Å². The topological polar surface area (TPSA) is 57.1 Å². The zero-order chi connectivity index (χ0) is 23.4. The van der Waals surface area contributed by atoms with Crippen molar-refractivity contribution in [3.63, 3.8) is 0 Å². The molecule has 4 rings (SSSR count). The van der Waals surface area contributed by atoms with Gasteiger partial charge in [-0.15, -0.1) is 0 Å². The second-order valence-electron chi connectivity index (χ2n) is 7.38. The summed E-state index contributed by atoms with van der Waals surface area (Å²) >= 11 is 9.92. The molecule has 5 nitrogen and oxygen atoms in total. The minimum atomic E-state index is -0.526. The molecular weight excluding hydrogens is 506 g/mol. The maximum absolute atomic E-state index is 12.4. The van der Waals surface area contributed by atoms with Crippen molar-refractivity contribution < 1.29 is 19.0 Å². The third-order valence-corrected chi connectivity index (χ3v) is 5.66. The molecule has 3 aromatic carbocycles. The molecule has 0 radical (unpaired) electrons. The fraction of sp³-hybridized carbons (Fsp3) is 0.154. The van der Waals surface area contributed by atoms with Crippen molar-refractivity contribution in [2.75, 3.05) is 6.61 Å². The monoisotopic (exact) mass is 525 g/mol. The molecule has 7 heteroatoms. The van der Waals surface area contributed by atoms with Gasteiger partial charge >= 0.3 is 5.97 Å². The first kappa shape index (κ1) is 23.1. The minimum absolute atomic E-state index is 0.180. The molecule has 1 aliphatic rings. The zero-order valence-electron chi connectivity index (χ0n) is 18.1. The number of cyclic esters (lactones) is 1. The third kappa shape index (κ3) is 5.64. The molecule has 1 heterocycles. The number of esters is 1. The van der Waals surface area contributed by atoms with E-state index in [1.165, 1.54) is 5.56 Å². The van der Waals surface area contributed by atoms with Crippen molar-refractivity contribution in [3.05, 3.63) is 98.1 Å². The number of carbonyl (C=O) groups is 1. The molecule has 0 aliphatic carbocycles. The molecule has 0 spiro atoms. The Labute approximate surface area is 205 Å². The van der Waals surface area contributed by atoms with Gasteiger partial charge in [-0.05, 0) is 67.4 Å². The van der Waals surface area contributed by atoms with Gasteiger partial charge in [0.25, 0.3) is 0 Å². The molecule has 33 heavy (non-hydrogen) atoms. The standard InChI is InChI=1S/C26H21BrClNO4/c1-3-31-23-14-18(12-21(28)24(23)32-15-17-6-4-16(2)5-7-17)13-22-26(30)33-25(29-22)19-8-10-20(27)11-9-19/h4-14H,3,15H2,1-2H3/b22-13-. The van der Waals surface area contributed by atoms with Crippen molar-refractivity contribution in [1.82, 2.24) is 0 Å². The number of rotatable bonds is 7. The van der Waals surface area contributed by atoms with Crippen LogP contribution in [0.2, 0.25) is 5.02 Å². The maximum atomic E-state index is 12.4. The van der Waals surface area contributed by atoms with E-state index in [1.807, 2.05) is 62.4 Å². The molecule has 0 N–H and O–H groups in total. The van der Waals surface area contributed by atoms with Crippen molar-refractivity contribution in [2.24, 2.45) is 4.99 Å². The first-order valence-corrected chi connectivity index (χ1v) is 11.5. The molecule has 0 atom stereocenters. The van der Waals surface area contributed by atoms with Gasteiger partial charge in [0.15, 0.2) is 17.2 Å². The zero-order valence-corrected chi connectivity index (χ0v) is 20.4. The molecule has 1 aliphatic heterocycles. The number of nitrogens with zero attached hydrogens (tertiary/aromatic N) is 1. The number of hydrogen-bond acceptors (Lipinski definition) is 5. The van der Waals surface area contributed by atoms with Crippen LogP contribution >= 0.6 is 27.5 Å². The number of ether oxygens (including phenoxy) is 3. The highest BCUT2D eigenvalue weighted by atomic mass is 79.9. The second-order valence-corrected chi connectivity index (χ2v) is 8.70. The summed E-state index contributed by atoms with van der Waals surface area (Å²) in [7, 11) is 0. The fourth-order valence-corrected chi connectivity index (χ4v) is 3.74. The normalized spacial score (nSPS) is 14.2. The summed E-state index contributed by atoms with van der Waals surface area (Å²) in [4.78, 5) is 16.7. The summed E-state index contributed by atoms with van der Waals surface area (Å²) in [6, 6.07) is 18.9. The van der Waals surface area contributed by atoms with E-state index in [2.05, 4.69) is 20.9 Å². The molecule has 0 saturated heterocycles. The Balaban J connectivity index is 1.60. The molecular formula is C26H21BrClNO4. The third-order valence-electron chi connectivity index (χ3n) is 4.85. The van der Waals surface area contributed by atoms with Crippen molar-refractivity contribution in [3.8, 4) is 11.5 Å². The van der Waals surface area contributed by atoms with Gasteiger partial charge < -0.3 is 14.2 Å². The van der Waals surface area contributed by atoms with E-state index in [9.17, 15) is 4.79 Å². The minimum Gasteiger partial charge on any atom is -0.490 e. The average Bonchev–Trinajstić information content (AvgIpc) is 3.15. The maximum Gasteiger partial charge on any atom is 0.363 e. The first-order valence-electron chi connectivity index (χ1n) is 10.4. The number of aryl methyl sites for hydroxylation is 1. The van der Waals surface area contributed by atoms with Gasteiger partial charge in [-0.3, -0.25) is 0 Å². The molecule has 0 aromatic heterocycles. The van der Waals surface area contributed by atoms with Gasteiger partial charge in [0.05, 0.1) is 11.6 Å². The summed E-state index contributed by atoms with van der Waals surface area (Å²) in [6.45, 7) is 4.71. The molecule has 0 unspecified atom stereocenters. The van der Waals surface area contributed by atoms with Crippen LogP contribution in [0, 0.1) is 6.92 Å². The van der Waals surface area contributed by atoms with E-state index in [4.69, 9.17) is 25.8 Å². The van der Waals surface area contributed by atoms with Crippen LogP contribution in [0.25, 0.3) is 6.08 Å². The number of benzene rings is 3. The van der Waals surface area contributed by atoms with E-state index in [0.29, 0.717) is 40.9 Å². The highest BCUT2D eigenvalue weighted by Crippen LogP contribution is 2.38. The average molecular weight is 527 g/mol. The molecule has 3 aromatic rings. The first-order chi connectivity index (χ1) is 15.9. The summed E-state index contributed by atoms with van der Waals surface area (Å²) in [6.07, 6.45) is 1.62. The lowest BCUT2D eigenvalue weighted by molar-refractivity contribution is -0.129. The van der Waals surface area contributed by atoms with Crippen LogP contribution in [0.5, 0.6) is 11.5 Å². The van der Waals surface area contributed by atoms with Gasteiger partial charge in [-0.25, -0.2) is 9.79 Å². The van der Waals surface area contributed by atoms with Crippen LogP contribution in [0.1, 0.15) is 29.2 Å². The lowest BCUT2D eigenvalue weighted by Crippen LogP contribution is -2.05. The molecule has 168 valence electrons. The van der Waals surface area contributed by atoms with Crippen LogP contribution in [0.4, 0.5) is 0 Å². The summed E-state index contributed by atoms with van der Waals surface area (Å²) < 4.78 is 18.0. The molecule has 0 saturated carbocycles. The Morgan fingerprint density at radius 1 is 1.06 bits per heavy atom. The lowest BCUT2D eigenvalue weighted by atomic mass is 10.1. The van der Waals surface area contributed by atoms with Gasteiger partial charge in [-0.1, -0.05) is 57.4 Å². The number of halogens is 2. The Kier molecular flexibility index (Phi) is 7.16. The van der Waals surface area contributed by atoms with Crippen LogP contribution in [0.3, 0.4) is 0 Å². The van der Waals surface area contributed by atoms with Crippen molar-refractivity contribution in [2.45, 2.75) is 20.5 Å². The molecule has 0 bridgehead atoms. The van der Waals surface area contributed by atoms with E-state index >= 15 is 0 Å². The second kappa shape index (κ2) is 10.2. The summed E-state index contributed by atoms with van der Waals surface area (Å²) in [5, 5.41) is 0.378. The Bertz CT molecular complexity index is 1230. The predicted octanol–water partition coefficient (Wildman–Crippen LogP) is 6.73. The lowest BCUT2D eigenvalue weighted by Gasteiger charge is -2.14. The quantitative estimate of drug-likeness (QED) is 0.253. The smallest absolute Gasteiger partial charge is 0.363 e. The SMILES string of the molecule is CCOc1cc(/C=C2\N=C(c3ccc(Br)cc3)OC2=O)cc(Cl)c1OCc1ccc(C)cc1. The highest BCUT2D eigenvalue weighted by Gasteiger charge is 2.24. The van der Waals surface area contributed by atoms with Crippen LogP contribution < -0.4 is 9.47 Å². The van der Waals surface area contributed by atoms with Crippen molar-refractivity contribution >= 4 is 45.5 Å². The van der Waals surface area contributed by atoms with Crippen LogP contribution in [-0.2, 0) is 16.1 Å². The van der Waals surface area contributed by atoms with Crippen molar-refractivity contribution in [1.29, 1.82) is 0 Å². The van der Waals surface area contributed by atoms with Crippen LogP contribution in [-0.4, -0.2) is 18.5 Å². The van der Waals surface area contributed by atoms with E-state index in [0.717, 1.165) is 10.0 Å². The van der Waals surface area contributed by atoms with Gasteiger partial charge in [0.1, 0.15) is 6.61 Å². The number of aliphatic imine (C=N–C) groups is 1. The van der Waals surface area contributed by atoms with Gasteiger partial charge in [-0.2, -0.15) is 0 Å². The van der Waals surface area contributed by atoms with E-state index in [-0.39, 0.29) is 11.6 Å². The molecule has 0 fully saturated rings. The highest BCUT2D eigenvalue weighted by molar-refractivity contribution is 9.10.